The van der Waals surface area contributed by atoms with E-state index in [1.54, 1.807) is 4.90 Å². The van der Waals surface area contributed by atoms with Crippen LogP contribution in [0.3, 0.4) is 0 Å². The summed E-state index contributed by atoms with van der Waals surface area (Å²) >= 11 is 0. The van der Waals surface area contributed by atoms with E-state index in [0.29, 0.717) is 32.4 Å². The van der Waals surface area contributed by atoms with Gasteiger partial charge in [-0.3, -0.25) is 9.59 Å². The average Bonchev–Trinajstić information content (AvgIpc) is 2.97. The number of piperidine rings is 1. The highest BCUT2D eigenvalue weighted by Crippen LogP contribution is 2.24. The van der Waals surface area contributed by atoms with E-state index in [9.17, 15) is 9.59 Å². The second-order valence-corrected chi connectivity index (χ2v) is 5.88. The largest absolute Gasteiger partial charge is 0.481 e. The number of rotatable bonds is 5. The third kappa shape index (κ3) is 3.72. The van der Waals surface area contributed by atoms with Crippen LogP contribution in [-0.2, 0) is 14.3 Å². The fourth-order valence-electron chi connectivity index (χ4n) is 3.14. The summed E-state index contributed by atoms with van der Waals surface area (Å²) in [6.07, 6.45) is 6.20. The molecule has 0 radical (unpaired) electrons. The third-order valence-corrected chi connectivity index (χ3v) is 4.46. The molecule has 5 nitrogen and oxygen atoms in total. The first-order valence-corrected chi connectivity index (χ1v) is 7.79. The summed E-state index contributed by atoms with van der Waals surface area (Å²) in [5, 5.41) is 8.98. The quantitative estimate of drug-likeness (QED) is 0.838. The SMILES string of the molecule is CCC(OC1CCCC1)C(=O)N1CCC(C(=O)O)CC1. The van der Waals surface area contributed by atoms with Crippen LogP contribution in [0.1, 0.15) is 51.9 Å². The molecule has 5 heteroatoms. The molecule has 1 amide bonds. The van der Waals surface area contributed by atoms with Crippen LogP contribution in [0.15, 0.2) is 0 Å². The highest BCUT2D eigenvalue weighted by molar-refractivity contribution is 5.81. The van der Waals surface area contributed by atoms with Crippen molar-refractivity contribution in [2.45, 2.75) is 64.1 Å². The van der Waals surface area contributed by atoms with Gasteiger partial charge in [0, 0.05) is 13.1 Å². The van der Waals surface area contributed by atoms with E-state index in [4.69, 9.17) is 9.84 Å². The Morgan fingerprint density at radius 1 is 1.20 bits per heavy atom. The second kappa shape index (κ2) is 7.07. The Morgan fingerprint density at radius 3 is 2.30 bits per heavy atom. The van der Waals surface area contributed by atoms with Crippen LogP contribution in [0.5, 0.6) is 0 Å². The average molecular weight is 283 g/mol. The van der Waals surface area contributed by atoms with Crippen molar-refractivity contribution in [3.05, 3.63) is 0 Å². The number of aliphatic carboxylic acids is 1. The van der Waals surface area contributed by atoms with E-state index in [1.165, 1.54) is 12.8 Å². The fraction of sp³-hybridized carbons (Fsp3) is 0.867. The van der Waals surface area contributed by atoms with Gasteiger partial charge in [-0.2, -0.15) is 0 Å². The van der Waals surface area contributed by atoms with Crippen molar-refractivity contribution in [2.75, 3.05) is 13.1 Å². The molecule has 1 saturated heterocycles. The maximum atomic E-state index is 12.4. The van der Waals surface area contributed by atoms with Gasteiger partial charge in [0.15, 0.2) is 0 Å². The Morgan fingerprint density at radius 2 is 1.80 bits per heavy atom. The lowest BCUT2D eigenvalue weighted by atomic mass is 9.96. The predicted octanol–water partition coefficient (Wildman–Crippen LogP) is 2.05. The zero-order valence-electron chi connectivity index (χ0n) is 12.2. The van der Waals surface area contributed by atoms with Gasteiger partial charge in [0.2, 0.25) is 0 Å². The van der Waals surface area contributed by atoms with Crippen molar-refractivity contribution >= 4 is 11.9 Å². The van der Waals surface area contributed by atoms with Crippen LogP contribution in [0.2, 0.25) is 0 Å². The standard InChI is InChI=1S/C15H25NO4/c1-2-13(20-12-5-3-4-6-12)14(17)16-9-7-11(8-10-16)15(18)19/h11-13H,2-10H2,1H3,(H,18,19). The maximum absolute atomic E-state index is 12.4. The molecule has 0 aromatic rings. The van der Waals surface area contributed by atoms with Crippen LogP contribution in [-0.4, -0.2) is 47.2 Å². The third-order valence-electron chi connectivity index (χ3n) is 4.46. The first-order valence-electron chi connectivity index (χ1n) is 7.79. The minimum Gasteiger partial charge on any atom is -0.481 e. The van der Waals surface area contributed by atoms with Gasteiger partial charge >= 0.3 is 5.97 Å². The Labute approximate surface area is 120 Å². The number of carbonyl (C=O) groups excluding carboxylic acids is 1. The molecule has 0 spiro atoms. The lowest BCUT2D eigenvalue weighted by Gasteiger charge is -2.33. The number of carboxylic acids is 1. The molecule has 2 rings (SSSR count). The zero-order chi connectivity index (χ0) is 14.5. The van der Waals surface area contributed by atoms with Gasteiger partial charge in [-0.05, 0) is 32.1 Å². The number of likely N-dealkylation sites (tertiary alicyclic amines) is 1. The zero-order valence-corrected chi connectivity index (χ0v) is 12.2. The van der Waals surface area contributed by atoms with Gasteiger partial charge < -0.3 is 14.7 Å². The Hall–Kier alpha value is -1.10. The molecule has 1 unspecified atom stereocenters. The van der Waals surface area contributed by atoms with Crippen LogP contribution >= 0.6 is 0 Å². The van der Waals surface area contributed by atoms with E-state index in [0.717, 1.165) is 12.8 Å². The van der Waals surface area contributed by atoms with Crippen molar-refractivity contribution in [3.8, 4) is 0 Å². The van der Waals surface area contributed by atoms with Gasteiger partial charge in [-0.15, -0.1) is 0 Å². The van der Waals surface area contributed by atoms with E-state index < -0.39 is 5.97 Å². The van der Waals surface area contributed by atoms with Crippen LogP contribution in [0.4, 0.5) is 0 Å². The Kier molecular flexibility index (Phi) is 5.40. The van der Waals surface area contributed by atoms with E-state index in [-0.39, 0.29) is 24.0 Å². The lowest BCUT2D eigenvalue weighted by molar-refractivity contribution is -0.152. The number of hydrogen-bond donors (Lipinski definition) is 1. The van der Waals surface area contributed by atoms with Crippen molar-refractivity contribution in [3.63, 3.8) is 0 Å². The fourth-order valence-corrected chi connectivity index (χ4v) is 3.14. The molecule has 1 saturated carbocycles. The van der Waals surface area contributed by atoms with Gasteiger partial charge in [-0.25, -0.2) is 0 Å². The van der Waals surface area contributed by atoms with E-state index >= 15 is 0 Å². The number of hydrogen-bond acceptors (Lipinski definition) is 3. The molecule has 1 heterocycles. The van der Waals surface area contributed by atoms with E-state index in [2.05, 4.69) is 0 Å². The van der Waals surface area contributed by atoms with Crippen LogP contribution < -0.4 is 0 Å². The normalized spacial score (nSPS) is 22.9. The molecule has 20 heavy (non-hydrogen) atoms. The van der Waals surface area contributed by atoms with E-state index in [1.807, 2.05) is 6.92 Å². The minimum atomic E-state index is -0.744. The summed E-state index contributed by atoms with van der Waals surface area (Å²) in [5.74, 6) is -0.996. The maximum Gasteiger partial charge on any atom is 0.306 e. The highest BCUT2D eigenvalue weighted by atomic mass is 16.5. The molecular weight excluding hydrogens is 258 g/mol. The molecule has 0 aromatic heterocycles. The lowest BCUT2D eigenvalue weighted by Crippen LogP contribution is -2.46. The van der Waals surface area contributed by atoms with Gasteiger partial charge in [0.1, 0.15) is 6.10 Å². The Balaban J connectivity index is 1.84. The first kappa shape index (κ1) is 15.3. The molecular formula is C15H25NO4. The number of nitrogens with zero attached hydrogens (tertiary/aromatic N) is 1. The molecule has 0 aromatic carbocycles. The highest BCUT2D eigenvalue weighted by Gasteiger charge is 2.32. The molecule has 2 fully saturated rings. The second-order valence-electron chi connectivity index (χ2n) is 5.88. The van der Waals surface area contributed by atoms with Gasteiger partial charge in [0.25, 0.3) is 5.91 Å². The summed E-state index contributed by atoms with van der Waals surface area (Å²) in [6, 6.07) is 0. The van der Waals surface area contributed by atoms with Crippen molar-refractivity contribution in [2.24, 2.45) is 5.92 Å². The smallest absolute Gasteiger partial charge is 0.306 e. The number of carboxylic acid groups (broad SMARTS) is 1. The van der Waals surface area contributed by atoms with Crippen LogP contribution in [0.25, 0.3) is 0 Å². The Bertz CT molecular complexity index is 344. The van der Waals surface area contributed by atoms with Gasteiger partial charge in [-0.1, -0.05) is 19.8 Å². The van der Waals surface area contributed by atoms with Gasteiger partial charge in [0.05, 0.1) is 12.0 Å². The summed E-state index contributed by atoms with van der Waals surface area (Å²) in [5.41, 5.74) is 0. The van der Waals surface area contributed by atoms with Crippen LogP contribution in [0, 0.1) is 5.92 Å². The molecule has 1 N–H and O–H groups in total. The van der Waals surface area contributed by atoms with Crippen molar-refractivity contribution < 1.29 is 19.4 Å². The van der Waals surface area contributed by atoms with Crippen molar-refractivity contribution in [1.29, 1.82) is 0 Å². The predicted molar refractivity (Wildman–Crippen MR) is 74.4 cm³/mol. The number of ether oxygens (including phenoxy) is 1. The molecule has 0 bridgehead atoms. The molecule has 1 aliphatic heterocycles. The molecule has 1 atom stereocenters. The molecule has 1 aliphatic carbocycles. The number of amides is 1. The summed E-state index contributed by atoms with van der Waals surface area (Å²) in [6.45, 7) is 3.06. The summed E-state index contributed by atoms with van der Waals surface area (Å²) in [7, 11) is 0. The first-order chi connectivity index (χ1) is 9.61. The monoisotopic (exact) mass is 283 g/mol. The topological polar surface area (TPSA) is 66.8 Å². The summed E-state index contributed by atoms with van der Waals surface area (Å²) in [4.78, 5) is 25.2. The molecule has 114 valence electrons. The number of carbonyl (C=O) groups is 2. The van der Waals surface area contributed by atoms with Crippen molar-refractivity contribution in [1.82, 2.24) is 4.90 Å². The molecule has 2 aliphatic rings. The summed E-state index contributed by atoms with van der Waals surface area (Å²) < 4.78 is 5.94. The minimum absolute atomic E-state index is 0.0447.